The summed E-state index contributed by atoms with van der Waals surface area (Å²) in [5, 5.41) is 0. The normalized spacial score (nSPS) is 10.7. The van der Waals surface area contributed by atoms with Crippen LogP contribution in [0.2, 0.25) is 0 Å². The number of nitrogens with two attached hydrogens (primary N) is 1. The zero-order valence-corrected chi connectivity index (χ0v) is 12.1. The second-order valence-corrected chi connectivity index (χ2v) is 5.39. The van der Waals surface area contributed by atoms with Crippen LogP contribution in [0.5, 0.6) is 11.5 Å². The first kappa shape index (κ1) is 13.0. The van der Waals surface area contributed by atoms with E-state index < -0.39 is 0 Å². The van der Waals surface area contributed by atoms with Gasteiger partial charge in [-0.3, -0.25) is 0 Å². The van der Waals surface area contributed by atoms with E-state index in [1.807, 2.05) is 36.4 Å². The van der Waals surface area contributed by atoms with Crippen LogP contribution in [0.1, 0.15) is 25.3 Å². The fraction of sp³-hybridized carbons (Fsp3) is 0.200. The molecule has 0 aromatic heterocycles. The topological polar surface area (TPSA) is 35.2 Å². The standard InChI is InChI=1S/C15H16BrNO/c1-10(2)12-5-3-4-6-14(12)18-15-8-7-11(16)9-13(15)17/h3-10H,17H2,1-2H3. The quantitative estimate of drug-likeness (QED) is 0.815. The minimum Gasteiger partial charge on any atom is -0.455 e. The molecule has 2 aromatic rings. The predicted molar refractivity (Wildman–Crippen MR) is 79.2 cm³/mol. The van der Waals surface area contributed by atoms with Gasteiger partial charge in [-0.1, -0.05) is 48.0 Å². The molecule has 2 rings (SSSR count). The summed E-state index contributed by atoms with van der Waals surface area (Å²) in [6, 6.07) is 13.7. The van der Waals surface area contributed by atoms with Gasteiger partial charge in [0, 0.05) is 4.47 Å². The SMILES string of the molecule is CC(C)c1ccccc1Oc1ccc(Br)cc1N. The third-order valence-corrected chi connectivity index (χ3v) is 3.23. The molecule has 0 heterocycles. The summed E-state index contributed by atoms with van der Waals surface area (Å²) in [4.78, 5) is 0. The van der Waals surface area contributed by atoms with Gasteiger partial charge >= 0.3 is 0 Å². The average molecular weight is 306 g/mol. The predicted octanol–water partition coefficient (Wildman–Crippen LogP) is 4.95. The molecule has 2 nitrogen and oxygen atoms in total. The number of hydrogen-bond donors (Lipinski definition) is 1. The van der Waals surface area contributed by atoms with Gasteiger partial charge in [-0.15, -0.1) is 0 Å². The van der Waals surface area contributed by atoms with Crippen molar-refractivity contribution in [2.24, 2.45) is 0 Å². The number of anilines is 1. The van der Waals surface area contributed by atoms with E-state index in [1.54, 1.807) is 0 Å². The van der Waals surface area contributed by atoms with Crippen LogP contribution in [0, 0.1) is 0 Å². The molecule has 0 unspecified atom stereocenters. The Hall–Kier alpha value is -1.48. The number of para-hydroxylation sites is 1. The molecule has 0 bridgehead atoms. The Bertz CT molecular complexity index is 552. The zero-order valence-electron chi connectivity index (χ0n) is 10.5. The fourth-order valence-corrected chi connectivity index (χ4v) is 2.16. The molecule has 0 saturated heterocycles. The molecule has 0 radical (unpaired) electrons. The highest BCUT2D eigenvalue weighted by Crippen LogP contribution is 2.34. The Kier molecular flexibility index (Phi) is 3.92. The number of nitrogen functional groups attached to an aromatic ring is 1. The zero-order chi connectivity index (χ0) is 13.1. The maximum Gasteiger partial charge on any atom is 0.150 e. The van der Waals surface area contributed by atoms with E-state index in [1.165, 1.54) is 5.56 Å². The van der Waals surface area contributed by atoms with E-state index in [2.05, 4.69) is 35.8 Å². The van der Waals surface area contributed by atoms with Crippen molar-refractivity contribution in [3.8, 4) is 11.5 Å². The molecular weight excluding hydrogens is 290 g/mol. The van der Waals surface area contributed by atoms with E-state index in [9.17, 15) is 0 Å². The van der Waals surface area contributed by atoms with E-state index in [0.29, 0.717) is 17.4 Å². The Labute approximate surface area is 116 Å². The molecule has 0 atom stereocenters. The Morgan fingerprint density at radius 1 is 1.06 bits per heavy atom. The third kappa shape index (κ3) is 2.85. The summed E-state index contributed by atoms with van der Waals surface area (Å²) in [7, 11) is 0. The molecule has 0 saturated carbocycles. The van der Waals surface area contributed by atoms with Crippen LogP contribution < -0.4 is 10.5 Å². The first-order chi connectivity index (χ1) is 8.58. The van der Waals surface area contributed by atoms with Crippen molar-refractivity contribution in [3.05, 3.63) is 52.5 Å². The van der Waals surface area contributed by atoms with Crippen molar-refractivity contribution in [1.29, 1.82) is 0 Å². The summed E-state index contributed by atoms with van der Waals surface area (Å²) >= 11 is 3.38. The summed E-state index contributed by atoms with van der Waals surface area (Å²) in [5.41, 5.74) is 7.75. The highest BCUT2D eigenvalue weighted by molar-refractivity contribution is 9.10. The van der Waals surface area contributed by atoms with Gasteiger partial charge in [0.15, 0.2) is 0 Å². The van der Waals surface area contributed by atoms with Crippen LogP contribution in [0.4, 0.5) is 5.69 Å². The van der Waals surface area contributed by atoms with Crippen LogP contribution >= 0.6 is 15.9 Å². The van der Waals surface area contributed by atoms with Gasteiger partial charge < -0.3 is 10.5 Å². The van der Waals surface area contributed by atoms with E-state index in [-0.39, 0.29) is 0 Å². The van der Waals surface area contributed by atoms with Crippen LogP contribution in [-0.4, -0.2) is 0 Å². The molecule has 0 amide bonds. The lowest BCUT2D eigenvalue weighted by atomic mass is 10.0. The minimum absolute atomic E-state index is 0.415. The number of rotatable bonds is 3. The molecule has 0 aliphatic carbocycles. The highest BCUT2D eigenvalue weighted by Gasteiger charge is 2.09. The molecule has 0 spiro atoms. The van der Waals surface area contributed by atoms with Gasteiger partial charge in [0.1, 0.15) is 11.5 Å². The van der Waals surface area contributed by atoms with E-state index >= 15 is 0 Å². The monoisotopic (exact) mass is 305 g/mol. The van der Waals surface area contributed by atoms with Crippen LogP contribution in [0.3, 0.4) is 0 Å². The first-order valence-electron chi connectivity index (χ1n) is 5.89. The number of benzene rings is 2. The van der Waals surface area contributed by atoms with Gasteiger partial charge in [-0.05, 0) is 35.7 Å². The Morgan fingerprint density at radius 2 is 1.78 bits per heavy atom. The van der Waals surface area contributed by atoms with Gasteiger partial charge in [-0.25, -0.2) is 0 Å². The second kappa shape index (κ2) is 5.44. The smallest absolute Gasteiger partial charge is 0.150 e. The van der Waals surface area contributed by atoms with Crippen molar-refractivity contribution < 1.29 is 4.74 Å². The maximum absolute atomic E-state index is 5.94. The molecule has 94 valence electrons. The highest BCUT2D eigenvalue weighted by atomic mass is 79.9. The maximum atomic E-state index is 5.94. The molecule has 0 fully saturated rings. The fourth-order valence-electron chi connectivity index (χ4n) is 1.78. The van der Waals surface area contributed by atoms with Crippen molar-refractivity contribution in [3.63, 3.8) is 0 Å². The van der Waals surface area contributed by atoms with E-state index in [0.717, 1.165) is 10.2 Å². The Balaban J connectivity index is 2.34. The third-order valence-electron chi connectivity index (χ3n) is 2.73. The molecule has 18 heavy (non-hydrogen) atoms. The molecule has 0 aliphatic heterocycles. The van der Waals surface area contributed by atoms with E-state index in [4.69, 9.17) is 10.5 Å². The Morgan fingerprint density at radius 3 is 2.44 bits per heavy atom. The largest absolute Gasteiger partial charge is 0.455 e. The molecule has 2 N–H and O–H groups in total. The van der Waals surface area contributed by atoms with Crippen molar-refractivity contribution in [2.75, 3.05) is 5.73 Å². The molecule has 2 aromatic carbocycles. The first-order valence-corrected chi connectivity index (χ1v) is 6.69. The summed E-state index contributed by atoms with van der Waals surface area (Å²) in [6.07, 6.45) is 0. The van der Waals surface area contributed by atoms with Crippen LogP contribution in [0.25, 0.3) is 0 Å². The van der Waals surface area contributed by atoms with Crippen LogP contribution in [0.15, 0.2) is 46.9 Å². The van der Waals surface area contributed by atoms with Crippen molar-refractivity contribution in [2.45, 2.75) is 19.8 Å². The van der Waals surface area contributed by atoms with Crippen molar-refractivity contribution in [1.82, 2.24) is 0 Å². The van der Waals surface area contributed by atoms with Gasteiger partial charge in [0.05, 0.1) is 5.69 Å². The lowest BCUT2D eigenvalue weighted by molar-refractivity contribution is 0.475. The van der Waals surface area contributed by atoms with Gasteiger partial charge in [0.25, 0.3) is 0 Å². The number of ether oxygens (including phenoxy) is 1. The number of hydrogen-bond acceptors (Lipinski definition) is 2. The minimum atomic E-state index is 0.415. The summed E-state index contributed by atoms with van der Waals surface area (Å²) < 4.78 is 6.86. The summed E-state index contributed by atoms with van der Waals surface area (Å²) in [5.74, 6) is 1.96. The molecule has 0 aliphatic rings. The van der Waals surface area contributed by atoms with Gasteiger partial charge in [-0.2, -0.15) is 0 Å². The average Bonchev–Trinajstić information content (AvgIpc) is 2.33. The summed E-state index contributed by atoms with van der Waals surface area (Å²) in [6.45, 7) is 4.29. The van der Waals surface area contributed by atoms with Crippen molar-refractivity contribution >= 4 is 21.6 Å². The lowest BCUT2D eigenvalue weighted by Crippen LogP contribution is -1.96. The lowest BCUT2D eigenvalue weighted by Gasteiger charge is -2.14. The molecular formula is C15H16BrNO. The number of halogens is 1. The van der Waals surface area contributed by atoms with Gasteiger partial charge in [0.2, 0.25) is 0 Å². The van der Waals surface area contributed by atoms with Crippen LogP contribution in [-0.2, 0) is 0 Å². The molecule has 3 heteroatoms. The second-order valence-electron chi connectivity index (χ2n) is 4.48.